The molecule has 2 aromatic rings. The van der Waals surface area contributed by atoms with E-state index in [0.29, 0.717) is 0 Å². The molecule has 2 unspecified atom stereocenters. The van der Waals surface area contributed by atoms with Crippen LogP contribution in [-0.4, -0.2) is 5.78 Å². The van der Waals surface area contributed by atoms with E-state index in [1.807, 2.05) is 6.07 Å². The van der Waals surface area contributed by atoms with Gasteiger partial charge in [0.15, 0.2) is 5.78 Å². The number of hydrogen-bond donors (Lipinski definition) is 0. The van der Waals surface area contributed by atoms with E-state index in [2.05, 4.69) is 12.1 Å². The summed E-state index contributed by atoms with van der Waals surface area (Å²) in [7, 11) is 0. The lowest BCUT2D eigenvalue weighted by atomic mass is 9.89. The van der Waals surface area contributed by atoms with Crippen LogP contribution in [0.3, 0.4) is 0 Å². The van der Waals surface area contributed by atoms with Crippen LogP contribution in [0.5, 0.6) is 0 Å². The highest BCUT2D eigenvalue weighted by molar-refractivity contribution is 6.00. The Kier molecular flexibility index (Phi) is 3.33. The van der Waals surface area contributed by atoms with E-state index in [1.165, 1.54) is 36.1 Å². The Bertz CT molecular complexity index is 717. The minimum atomic E-state index is -0.220. The average Bonchev–Trinajstić information content (AvgIpc) is 3.35. The molecule has 0 aliphatic heterocycles. The summed E-state index contributed by atoms with van der Waals surface area (Å²) in [6, 6.07) is 12.8. The maximum atomic E-state index is 13.0. The van der Waals surface area contributed by atoms with E-state index >= 15 is 0 Å². The van der Waals surface area contributed by atoms with Crippen LogP contribution in [0.15, 0.2) is 42.5 Å². The van der Waals surface area contributed by atoms with Crippen LogP contribution in [0.1, 0.15) is 52.2 Å². The molecule has 2 aromatic carbocycles. The van der Waals surface area contributed by atoms with Crippen LogP contribution in [0.2, 0.25) is 0 Å². The van der Waals surface area contributed by atoms with Gasteiger partial charge in [-0.25, -0.2) is 4.39 Å². The van der Waals surface area contributed by atoms with Crippen molar-refractivity contribution < 1.29 is 9.18 Å². The van der Waals surface area contributed by atoms with Gasteiger partial charge >= 0.3 is 0 Å². The molecule has 112 valence electrons. The minimum absolute atomic E-state index is 0.0760. The number of hydrogen-bond acceptors (Lipinski definition) is 1. The second-order valence-corrected chi connectivity index (χ2v) is 6.56. The van der Waals surface area contributed by atoms with Crippen LogP contribution >= 0.6 is 0 Å². The second kappa shape index (κ2) is 5.35. The molecule has 1 fully saturated rings. The molecule has 1 saturated carbocycles. The topological polar surface area (TPSA) is 17.1 Å². The summed E-state index contributed by atoms with van der Waals surface area (Å²) in [6.45, 7) is 0. The van der Waals surface area contributed by atoms with Crippen molar-refractivity contribution >= 4 is 5.78 Å². The van der Waals surface area contributed by atoms with Gasteiger partial charge in [-0.1, -0.05) is 24.3 Å². The van der Waals surface area contributed by atoms with Crippen molar-refractivity contribution in [3.8, 4) is 0 Å². The van der Waals surface area contributed by atoms with Gasteiger partial charge in [-0.3, -0.25) is 4.79 Å². The van der Waals surface area contributed by atoms with E-state index in [4.69, 9.17) is 0 Å². The number of ketones is 1. The zero-order chi connectivity index (χ0) is 15.1. The minimum Gasteiger partial charge on any atom is -0.294 e. The summed E-state index contributed by atoms with van der Waals surface area (Å²) in [4.78, 5) is 12.7. The first kappa shape index (κ1) is 13.7. The summed E-state index contributed by atoms with van der Waals surface area (Å²) in [6.07, 6.45) is 5.62. The molecule has 0 radical (unpaired) electrons. The molecule has 0 spiro atoms. The first-order chi connectivity index (χ1) is 10.7. The molecule has 1 nitrogen and oxygen atoms in total. The molecular weight excluding hydrogens is 275 g/mol. The molecule has 4 rings (SSSR count). The molecule has 2 aliphatic carbocycles. The molecule has 0 aromatic heterocycles. The quantitative estimate of drug-likeness (QED) is 0.750. The standard InChI is InChI=1S/C20H19FO/c21-17-9-7-14(8-10-17)18-12-19(18)20(22)16-6-5-13-3-1-2-4-15(13)11-16/h5-11,18-19H,1-4,12H2. The number of halogens is 1. The first-order valence-electron chi connectivity index (χ1n) is 8.14. The number of Topliss-reactive ketones (excluding diaryl/α,β-unsaturated/α-hetero) is 1. The summed E-state index contributed by atoms with van der Waals surface area (Å²) in [5.74, 6) is 0.376. The summed E-state index contributed by atoms with van der Waals surface area (Å²) < 4.78 is 13.0. The predicted molar refractivity (Wildman–Crippen MR) is 84.7 cm³/mol. The molecule has 2 atom stereocenters. The average molecular weight is 294 g/mol. The fourth-order valence-corrected chi connectivity index (χ4v) is 3.66. The predicted octanol–water partition coefficient (Wildman–Crippen LogP) is 4.69. The van der Waals surface area contributed by atoms with Crippen molar-refractivity contribution in [1.29, 1.82) is 0 Å². The third-order valence-electron chi connectivity index (χ3n) is 5.06. The Hall–Kier alpha value is -1.96. The third kappa shape index (κ3) is 2.47. The number of carbonyl (C=O) groups excluding carboxylic acids is 1. The fraction of sp³-hybridized carbons (Fsp3) is 0.350. The van der Waals surface area contributed by atoms with Crippen molar-refractivity contribution in [2.75, 3.05) is 0 Å². The molecule has 2 aliphatic rings. The van der Waals surface area contributed by atoms with Crippen LogP contribution in [0.25, 0.3) is 0 Å². The highest BCUT2D eigenvalue weighted by Gasteiger charge is 2.44. The van der Waals surface area contributed by atoms with Crippen LogP contribution in [-0.2, 0) is 12.8 Å². The molecule has 0 heterocycles. The number of carbonyl (C=O) groups is 1. The second-order valence-electron chi connectivity index (χ2n) is 6.56. The Morgan fingerprint density at radius 1 is 0.955 bits per heavy atom. The number of benzene rings is 2. The van der Waals surface area contributed by atoms with Gasteiger partial charge in [0.1, 0.15) is 5.82 Å². The van der Waals surface area contributed by atoms with E-state index in [9.17, 15) is 9.18 Å². The maximum Gasteiger partial charge on any atom is 0.166 e. The van der Waals surface area contributed by atoms with Crippen LogP contribution < -0.4 is 0 Å². The SMILES string of the molecule is O=C(c1ccc2c(c1)CCCC2)C1CC1c1ccc(F)cc1. The van der Waals surface area contributed by atoms with Gasteiger partial charge in [0.2, 0.25) is 0 Å². The highest BCUT2D eigenvalue weighted by Crippen LogP contribution is 2.49. The van der Waals surface area contributed by atoms with E-state index in [1.54, 1.807) is 12.1 Å². The Morgan fingerprint density at radius 2 is 1.68 bits per heavy atom. The number of rotatable bonds is 3. The lowest BCUT2D eigenvalue weighted by Crippen LogP contribution is -2.08. The van der Waals surface area contributed by atoms with Gasteiger partial charge in [0, 0.05) is 11.5 Å². The molecule has 0 amide bonds. The zero-order valence-corrected chi connectivity index (χ0v) is 12.5. The van der Waals surface area contributed by atoms with Crippen molar-refractivity contribution in [1.82, 2.24) is 0 Å². The number of fused-ring (bicyclic) bond motifs is 1. The Labute approximate surface area is 130 Å². The lowest BCUT2D eigenvalue weighted by molar-refractivity contribution is 0.0965. The zero-order valence-electron chi connectivity index (χ0n) is 12.5. The molecule has 0 bridgehead atoms. The molecule has 2 heteroatoms. The summed E-state index contributed by atoms with van der Waals surface area (Å²) in [5.41, 5.74) is 4.71. The molecular formula is C20H19FO. The largest absolute Gasteiger partial charge is 0.294 e. The Balaban J connectivity index is 1.52. The highest BCUT2D eigenvalue weighted by atomic mass is 19.1. The van der Waals surface area contributed by atoms with Crippen molar-refractivity contribution in [3.63, 3.8) is 0 Å². The fourth-order valence-electron chi connectivity index (χ4n) is 3.66. The van der Waals surface area contributed by atoms with Gasteiger partial charge in [0.05, 0.1) is 0 Å². The van der Waals surface area contributed by atoms with Gasteiger partial charge in [0.25, 0.3) is 0 Å². The van der Waals surface area contributed by atoms with E-state index in [0.717, 1.165) is 30.4 Å². The third-order valence-corrected chi connectivity index (χ3v) is 5.06. The summed E-state index contributed by atoms with van der Waals surface area (Å²) in [5, 5.41) is 0. The van der Waals surface area contributed by atoms with Gasteiger partial charge in [-0.2, -0.15) is 0 Å². The smallest absolute Gasteiger partial charge is 0.166 e. The monoisotopic (exact) mass is 294 g/mol. The maximum absolute atomic E-state index is 13.0. The van der Waals surface area contributed by atoms with Crippen molar-refractivity contribution in [2.45, 2.75) is 38.0 Å². The van der Waals surface area contributed by atoms with E-state index < -0.39 is 0 Å². The van der Waals surface area contributed by atoms with E-state index in [-0.39, 0.29) is 23.4 Å². The van der Waals surface area contributed by atoms with Gasteiger partial charge in [-0.05, 0) is 72.9 Å². The molecule has 0 saturated heterocycles. The molecule has 22 heavy (non-hydrogen) atoms. The summed E-state index contributed by atoms with van der Waals surface area (Å²) >= 11 is 0. The normalized spacial score (nSPS) is 23.0. The Morgan fingerprint density at radius 3 is 2.45 bits per heavy atom. The molecule has 0 N–H and O–H groups in total. The van der Waals surface area contributed by atoms with Crippen LogP contribution in [0.4, 0.5) is 4.39 Å². The first-order valence-corrected chi connectivity index (χ1v) is 8.14. The van der Waals surface area contributed by atoms with Gasteiger partial charge < -0.3 is 0 Å². The lowest BCUT2D eigenvalue weighted by Gasteiger charge is -2.16. The van der Waals surface area contributed by atoms with Crippen LogP contribution in [0, 0.1) is 11.7 Å². The van der Waals surface area contributed by atoms with Crippen molar-refractivity contribution in [2.24, 2.45) is 5.92 Å². The van der Waals surface area contributed by atoms with Crippen molar-refractivity contribution in [3.05, 3.63) is 70.5 Å². The van der Waals surface area contributed by atoms with Gasteiger partial charge in [-0.15, -0.1) is 0 Å². The number of aryl methyl sites for hydroxylation is 2.